The second-order valence-corrected chi connectivity index (χ2v) is 9.91. The molecule has 6 amide bonds. The van der Waals surface area contributed by atoms with E-state index < -0.39 is 72.3 Å². The highest BCUT2D eigenvalue weighted by Gasteiger charge is 2.32. The second kappa shape index (κ2) is 14.8. The number of carbonyl (C=O) groups excluding carboxylic acids is 6. The fourth-order valence-electron chi connectivity index (χ4n) is 3.96. The number of hydrogen-bond acceptors (Lipinski definition) is 7. The van der Waals surface area contributed by atoms with Crippen molar-refractivity contribution in [3.8, 4) is 0 Å². The molecule has 5 atom stereocenters. The molecular formula is C26H38N6O7. The maximum absolute atomic E-state index is 13.3. The number of aliphatic hydroxyl groups excluding tert-OH is 1. The number of amides is 6. The summed E-state index contributed by atoms with van der Waals surface area (Å²) in [7, 11) is 0. The van der Waals surface area contributed by atoms with Gasteiger partial charge in [-0.1, -0.05) is 44.2 Å². The lowest BCUT2D eigenvalue weighted by Crippen LogP contribution is -2.62. The molecule has 1 aliphatic heterocycles. The van der Waals surface area contributed by atoms with Gasteiger partial charge in [0.1, 0.15) is 30.2 Å². The van der Waals surface area contributed by atoms with Gasteiger partial charge in [0.05, 0.1) is 6.61 Å². The maximum atomic E-state index is 13.3. The van der Waals surface area contributed by atoms with Crippen LogP contribution in [0.3, 0.4) is 0 Å². The first-order chi connectivity index (χ1) is 18.4. The highest BCUT2D eigenvalue weighted by molar-refractivity contribution is 5.97. The van der Waals surface area contributed by atoms with Crippen LogP contribution in [0.15, 0.2) is 30.3 Å². The molecule has 1 aromatic rings. The van der Waals surface area contributed by atoms with E-state index >= 15 is 0 Å². The van der Waals surface area contributed by atoms with Crippen LogP contribution in [0.25, 0.3) is 0 Å². The van der Waals surface area contributed by atoms with Gasteiger partial charge in [-0.15, -0.1) is 0 Å². The monoisotopic (exact) mass is 546 g/mol. The molecule has 0 unspecified atom stereocenters. The van der Waals surface area contributed by atoms with Gasteiger partial charge in [-0.05, 0) is 24.8 Å². The minimum atomic E-state index is -1.40. The fourth-order valence-corrected chi connectivity index (χ4v) is 3.96. The molecule has 1 aliphatic rings. The van der Waals surface area contributed by atoms with E-state index in [9.17, 15) is 33.9 Å². The number of nitrogens with one attached hydrogen (secondary N) is 6. The number of hydrogen-bond donors (Lipinski definition) is 7. The lowest BCUT2D eigenvalue weighted by molar-refractivity contribution is -0.136. The van der Waals surface area contributed by atoms with Gasteiger partial charge in [0.15, 0.2) is 0 Å². The van der Waals surface area contributed by atoms with Gasteiger partial charge in [-0.3, -0.25) is 28.8 Å². The molecule has 0 saturated carbocycles. The SMILES string of the molecule is CC(=O)N[C@@H]1CNC(=O)[C@H](Cc2ccccc2)NC(=O)[C@H](CC(C)C)NC(=O)[C@H](CO)NC(=O)[C@H](C)NC1=O. The van der Waals surface area contributed by atoms with E-state index in [4.69, 9.17) is 0 Å². The maximum Gasteiger partial charge on any atom is 0.245 e. The van der Waals surface area contributed by atoms with Gasteiger partial charge in [0.2, 0.25) is 35.4 Å². The molecule has 7 N–H and O–H groups in total. The third-order valence-corrected chi connectivity index (χ3v) is 6.00. The van der Waals surface area contributed by atoms with E-state index in [1.807, 2.05) is 19.9 Å². The first-order valence-corrected chi connectivity index (χ1v) is 12.8. The Bertz CT molecular complexity index is 1050. The second-order valence-electron chi connectivity index (χ2n) is 9.91. The molecule has 1 saturated heterocycles. The van der Waals surface area contributed by atoms with Crippen LogP contribution in [0, 0.1) is 5.92 Å². The van der Waals surface area contributed by atoms with Gasteiger partial charge >= 0.3 is 0 Å². The van der Waals surface area contributed by atoms with E-state index in [-0.39, 0.29) is 25.3 Å². The van der Waals surface area contributed by atoms with Gasteiger partial charge in [-0.25, -0.2) is 0 Å². The summed E-state index contributed by atoms with van der Waals surface area (Å²) in [5.74, 6) is -4.15. The third-order valence-electron chi connectivity index (χ3n) is 6.00. The largest absolute Gasteiger partial charge is 0.394 e. The zero-order chi connectivity index (χ0) is 29.1. The van der Waals surface area contributed by atoms with Crippen molar-refractivity contribution < 1.29 is 33.9 Å². The van der Waals surface area contributed by atoms with Crippen molar-refractivity contribution in [2.75, 3.05) is 13.2 Å². The third kappa shape index (κ3) is 10.0. The Morgan fingerprint density at radius 3 is 2.05 bits per heavy atom. The van der Waals surface area contributed by atoms with Gasteiger partial charge in [0, 0.05) is 19.9 Å². The number of rotatable bonds is 6. The molecule has 39 heavy (non-hydrogen) atoms. The molecule has 214 valence electrons. The van der Waals surface area contributed by atoms with Crippen LogP contribution in [-0.4, -0.2) is 83.9 Å². The average molecular weight is 547 g/mol. The van der Waals surface area contributed by atoms with Crippen molar-refractivity contribution >= 4 is 35.4 Å². The van der Waals surface area contributed by atoms with E-state index in [0.717, 1.165) is 5.56 Å². The topological polar surface area (TPSA) is 195 Å². The molecule has 1 aromatic carbocycles. The molecule has 13 nitrogen and oxygen atoms in total. The fraction of sp³-hybridized carbons (Fsp3) is 0.538. The van der Waals surface area contributed by atoms with Crippen molar-refractivity contribution in [1.29, 1.82) is 0 Å². The van der Waals surface area contributed by atoms with E-state index in [0.29, 0.717) is 0 Å². The van der Waals surface area contributed by atoms with Crippen molar-refractivity contribution in [1.82, 2.24) is 31.9 Å². The Balaban J connectivity index is 2.44. The first kappa shape index (κ1) is 31.2. The van der Waals surface area contributed by atoms with Crippen molar-refractivity contribution in [2.24, 2.45) is 5.92 Å². The van der Waals surface area contributed by atoms with Crippen LogP contribution in [0.4, 0.5) is 0 Å². The number of carbonyl (C=O) groups is 6. The highest BCUT2D eigenvalue weighted by Crippen LogP contribution is 2.09. The quantitative estimate of drug-likeness (QED) is 0.211. The summed E-state index contributed by atoms with van der Waals surface area (Å²) in [5, 5.41) is 24.8. The van der Waals surface area contributed by atoms with Crippen LogP contribution >= 0.6 is 0 Å². The molecular weight excluding hydrogens is 508 g/mol. The first-order valence-electron chi connectivity index (χ1n) is 12.8. The Kier molecular flexibility index (Phi) is 11.9. The molecule has 0 bridgehead atoms. The van der Waals surface area contributed by atoms with Gasteiger partial charge in [0.25, 0.3) is 0 Å². The Morgan fingerprint density at radius 2 is 1.46 bits per heavy atom. The van der Waals surface area contributed by atoms with E-state index in [1.54, 1.807) is 24.3 Å². The predicted octanol–water partition coefficient (Wildman–Crippen LogP) is -2.14. The summed E-state index contributed by atoms with van der Waals surface area (Å²) in [6.45, 7) is 5.18. The molecule has 1 fully saturated rings. The van der Waals surface area contributed by atoms with Gasteiger partial charge < -0.3 is 37.0 Å². The summed E-state index contributed by atoms with van der Waals surface area (Å²) in [6.07, 6.45) is 0.338. The van der Waals surface area contributed by atoms with Crippen molar-refractivity contribution in [3.63, 3.8) is 0 Å². The molecule has 0 radical (unpaired) electrons. The Labute approximate surface area is 227 Å². The Hall–Kier alpha value is -4.00. The zero-order valence-electron chi connectivity index (χ0n) is 22.6. The summed E-state index contributed by atoms with van der Waals surface area (Å²) >= 11 is 0. The molecule has 1 heterocycles. The van der Waals surface area contributed by atoms with Gasteiger partial charge in [-0.2, -0.15) is 0 Å². The highest BCUT2D eigenvalue weighted by atomic mass is 16.3. The lowest BCUT2D eigenvalue weighted by atomic mass is 10.0. The van der Waals surface area contributed by atoms with Crippen molar-refractivity contribution in [2.45, 2.75) is 70.7 Å². The number of benzene rings is 1. The molecule has 0 aliphatic carbocycles. The zero-order valence-corrected chi connectivity index (χ0v) is 22.6. The van der Waals surface area contributed by atoms with E-state index in [1.165, 1.54) is 13.8 Å². The summed E-state index contributed by atoms with van der Waals surface area (Å²) in [5.41, 5.74) is 0.754. The standard InChI is InChI=1S/C26H38N6O7/c1-14(2)10-18-24(37)31-19(11-17-8-6-5-7-9-17)23(36)27-12-20(29-16(4)34)25(38)28-15(3)22(35)32-21(13-33)26(39)30-18/h5-9,14-15,18-21,33H,10-13H2,1-4H3,(H,27,36)(H,28,38)(H,29,34)(H,30,39)(H,31,37)(H,32,35)/t15-,18-,19-,20+,21-/m0/s1. The minimum Gasteiger partial charge on any atom is -0.394 e. The molecule has 0 spiro atoms. The smallest absolute Gasteiger partial charge is 0.245 e. The Morgan fingerprint density at radius 1 is 0.872 bits per heavy atom. The minimum absolute atomic E-state index is 0.0242. The van der Waals surface area contributed by atoms with Crippen LogP contribution in [0.5, 0.6) is 0 Å². The molecule has 0 aromatic heterocycles. The average Bonchev–Trinajstić information content (AvgIpc) is 2.87. The van der Waals surface area contributed by atoms with E-state index in [2.05, 4.69) is 31.9 Å². The van der Waals surface area contributed by atoms with Crippen LogP contribution in [-0.2, 0) is 35.2 Å². The summed E-state index contributed by atoms with van der Waals surface area (Å²) in [4.78, 5) is 76.7. The normalized spacial score (nSPS) is 25.6. The lowest BCUT2D eigenvalue weighted by Gasteiger charge is -2.28. The number of aliphatic hydroxyl groups is 1. The van der Waals surface area contributed by atoms with Crippen LogP contribution in [0.2, 0.25) is 0 Å². The summed E-state index contributed by atoms with van der Waals surface area (Å²) in [6, 6.07) is 3.03. The summed E-state index contributed by atoms with van der Waals surface area (Å²) < 4.78 is 0. The van der Waals surface area contributed by atoms with Crippen molar-refractivity contribution in [3.05, 3.63) is 35.9 Å². The molecule has 2 rings (SSSR count). The molecule has 13 heteroatoms. The van der Waals surface area contributed by atoms with Crippen LogP contribution in [0.1, 0.15) is 39.7 Å². The predicted molar refractivity (Wildman–Crippen MR) is 141 cm³/mol. The van der Waals surface area contributed by atoms with Crippen LogP contribution < -0.4 is 31.9 Å².